The second-order valence-corrected chi connectivity index (χ2v) is 6.60. The molecule has 2 aromatic heterocycles. The minimum absolute atomic E-state index is 0.218. The highest BCUT2D eigenvalue weighted by atomic mass is 79.9. The van der Waals surface area contributed by atoms with Crippen LogP contribution in [0.15, 0.2) is 29.1 Å². The molecule has 8 heteroatoms. The van der Waals surface area contributed by atoms with E-state index in [9.17, 15) is 4.39 Å². The highest BCUT2D eigenvalue weighted by Crippen LogP contribution is 2.55. The monoisotopic (exact) mass is 375 g/mol. The molecule has 5 rings (SSSR count). The van der Waals surface area contributed by atoms with Crippen LogP contribution in [0.3, 0.4) is 0 Å². The number of rotatable bonds is 3. The summed E-state index contributed by atoms with van der Waals surface area (Å²) in [6.45, 7) is 0.337. The van der Waals surface area contributed by atoms with Crippen LogP contribution in [-0.4, -0.2) is 25.7 Å². The number of fused-ring (bicyclic) bond motifs is 4. The predicted octanol–water partition coefficient (Wildman–Crippen LogP) is 2.89. The van der Waals surface area contributed by atoms with Crippen LogP contribution in [0.5, 0.6) is 5.75 Å². The van der Waals surface area contributed by atoms with E-state index >= 15 is 0 Å². The smallest absolute Gasteiger partial charge is 0.210 e. The van der Waals surface area contributed by atoms with Crippen LogP contribution in [-0.2, 0) is 6.54 Å². The molecule has 3 aromatic rings. The quantitative estimate of drug-likeness (QED) is 0.762. The third-order valence-electron chi connectivity index (χ3n) is 4.35. The van der Waals surface area contributed by atoms with Gasteiger partial charge >= 0.3 is 0 Å². The summed E-state index contributed by atoms with van der Waals surface area (Å²) in [7, 11) is 0. The fourth-order valence-corrected chi connectivity index (χ4v) is 3.54. The van der Waals surface area contributed by atoms with Crippen molar-refractivity contribution >= 4 is 27.5 Å². The highest BCUT2D eigenvalue weighted by Gasteiger charge is 2.49. The third kappa shape index (κ3) is 1.94. The minimum atomic E-state index is -0.218. The lowest BCUT2D eigenvalue weighted by Crippen LogP contribution is -2.09. The van der Waals surface area contributed by atoms with E-state index in [0.29, 0.717) is 29.6 Å². The van der Waals surface area contributed by atoms with E-state index in [0.717, 1.165) is 22.2 Å². The Balaban J connectivity index is 1.50. The lowest BCUT2D eigenvalue weighted by Gasteiger charge is -2.13. The fourth-order valence-electron chi connectivity index (χ4n) is 3.16. The van der Waals surface area contributed by atoms with Gasteiger partial charge in [0.15, 0.2) is 5.65 Å². The highest BCUT2D eigenvalue weighted by molar-refractivity contribution is 9.10. The van der Waals surface area contributed by atoms with Crippen LogP contribution in [0.1, 0.15) is 23.5 Å². The summed E-state index contributed by atoms with van der Waals surface area (Å²) in [5, 5.41) is 11.1. The molecule has 0 spiro atoms. The van der Waals surface area contributed by atoms with Gasteiger partial charge in [-0.25, -0.2) is 9.37 Å². The first-order valence-electron chi connectivity index (χ1n) is 7.28. The SMILES string of the molecule is Fc1ccc2c(c1CNc1ncc(Br)c3nncn13)[C@H]1CC1O2. The van der Waals surface area contributed by atoms with Crippen LogP contribution in [0.25, 0.3) is 5.65 Å². The van der Waals surface area contributed by atoms with E-state index in [1.807, 2.05) is 0 Å². The van der Waals surface area contributed by atoms with Gasteiger partial charge in [0.25, 0.3) is 0 Å². The van der Waals surface area contributed by atoms with E-state index in [2.05, 4.69) is 36.4 Å². The van der Waals surface area contributed by atoms with Crippen molar-refractivity contribution in [3.8, 4) is 5.75 Å². The maximum Gasteiger partial charge on any atom is 0.210 e. The summed E-state index contributed by atoms with van der Waals surface area (Å²) < 4.78 is 22.5. The molecule has 0 radical (unpaired) electrons. The molecule has 1 aromatic carbocycles. The number of anilines is 1. The Morgan fingerprint density at radius 3 is 3.26 bits per heavy atom. The summed E-state index contributed by atoms with van der Waals surface area (Å²) in [5.74, 6) is 1.49. The third-order valence-corrected chi connectivity index (χ3v) is 4.91. The van der Waals surface area contributed by atoms with Gasteiger partial charge in [-0.2, -0.15) is 0 Å². The van der Waals surface area contributed by atoms with Crippen molar-refractivity contribution < 1.29 is 9.13 Å². The van der Waals surface area contributed by atoms with Crippen LogP contribution >= 0.6 is 15.9 Å². The van der Waals surface area contributed by atoms with Crippen molar-refractivity contribution in [2.45, 2.75) is 25.0 Å². The van der Waals surface area contributed by atoms with Crippen molar-refractivity contribution in [2.75, 3.05) is 5.32 Å². The molecule has 1 fully saturated rings. The van der Waals surface area contributed by atoms with Gasteiger partial charge in [0, 0.05) is 29.8 Å². The number of nitrogens with zero attached hydrogens (tertiary/aromatic N) is 4. The number of ether oxygens (including phenoxy) is 1. The van der Waals surface area contributed by atoms with Crippen LogP contribution < -0.4 is 10.1 Å². The van der Waals surface area contributed by atoms with E-state index < -0.39 is 0 Å². The lowest BCUT2D eigenvalue weighted by molar-refractivity contribution is 0.318. The first-order chi connectivity index (χ1) is 11.2. The van der Waals surface area contributed by atoms with Crippen LogP contribution in [0, 0.1) is 5.82 Å². The number of aromatic nitrogens is 4. The summed E-state index contributed by atoms with van der Waals surface area (Å²) in [5.41, 5.74) is 2.31. The molecule has 0 saturated heterocycles. The fraction of sp³-hybridized carbons (Fsp3) is 0.267. The molecule has 2 aliphatic rings. The number of nitrogens with one attached hydrogen (secondary N) is 1. The molecule has 1 unspecified atom stereocenters. The molecule has 1 aliphatic carbocycles. The van der Waals surface area contributed by atoms with Crippen molar-refractivity contribution in [2.24, 2.45) is 0 Å². The molecule has 1 N–H and O–H groups in total. The second kappa shape index (κ2) is 4.64. The molecular formula is C15H11BrFN5O. The molecular weight excluding hydrogens is 365 g/mol. The van der Waals surface area contributed by atoms with Crippen molar-refractivity contribution in [1.29, 1.82) is 0 Å². The van der Waals surface area contributed by atoms with Crippen LogP contribution in [0.4, 0.5) is 10.3 Å². The molecule has 1 saturated carbocycles. The Bertz CT molecular complexity index is 943. The maximum absolute atomic E-state index is 14.3. The Morgan fingerprint density at radius 2 is 2.35 bits per heavy atom. The Kier molecular flexibility index (Phi) is 2.67. The average Bonchev–Trinajstić information content (AvgIpc) is 2.97. The molecule has 116 valence electrons. The van der Waals surface area contributed by atoms with Gasteiger partial charge in [0.2, 0.25) is 5.95 Å². The van der Waals surface area contributed by atoms with E-state index in [1.165, 1.54) is 6.07 Å². The van der Waals surface area contributed by atoms with Gasteiger partial charge in [-0.15, -0.1) is 10.2 Å². The van der Waals surface area contributed by atoms with Crippen molar-refractivity contribution in [3.63, 3.8) is 0 Å². The van der Waals surface area contributed by atoms with Gasteiger partial charge in [-0.3, -0.25) is 4.40 Å². The normalized spacial score (nSPS) is 21.0. The van der Waals surface area contributed by atoms with E-state index in [4.69, 9.17) is 4.74 Å². The standard InChI is InChI=1S/C15H11BrFN5O/c16-9-5-19-15(22-6-20-21-14(9)22)18-4-8-10(17)1-2-11-13(8)7-3-12(7)23-11/h1-2,5-7,12H,3-4H2,(H,18,19)/t7-,12?/m0/s1. The first-order valence-corrected chi connectivity index (χ1v) is 8.07. The molecule has 0 bridgehead atoms. The van der Waals surface area contributed by atoms with Gasteiger partial charge < -0.3 is 10.1 Å². The molecule has 2 atom stereocenters. The van der Waals surface area contributed by atoms with Gasteiger partial charge in [-0.05, 0) is 34.5 Å². The Labute approximate surface area is 138 Å². The summed E-state index contributed by atoms with van der Waals surface area (Å²) in [4.78, 5) is 4.32. The van der Waals surface area contributed by atoms with Crippen LogP contribution in [0.2, 0.25) is 0 Å². The van der Waals surface area contributed by atoms with E-state index in [1.54, 1.807) is 23.0 Å². The topological polar surface area (TPSA) is 64.3 Å². The summed E-state index contributed by atoms with van der Waals surface area (Å²) in [6, 6.07) is 3.18. The average molecular weight is 376 g/mol. The molecule has 3 heterocycles. The molecule has 0 amide bonds. The minimum Gasteiger partial charge on any atom is -0.489 e. The van der Waals surface area contributed by atoms with Gasteiger partial charge in [0.1, 0.15) is 24.0 Å². The van der Waals surface area contributed by atoms with Gasteiger partial charge in [-0.1, -0.05) is 0 Å². The van der Waals surface area contributed by atoms with Crippen molar-refractivity contribution in [1.82, 2.24) is 19.6 Å². The van der Waals surface area contributed by atoms with E-state index in [-0.39, 0.29) is 11.9 Å². The number of hydrogen-bond donors (Lipinski definition) is 1. The Hall–Kier alpha value is -2.22. The lowest BCUT2D eigenvalue weighted by atomic mass is 10.0. The number of hydrogen-bond acceptors (Lipinski definition) is 5. The largest absolute Gasteiger partial charge is 0.489 e. The first kappa shape index (κ1) is 13.2. The van der Waals surface area contributed by atoms with Crippen molar-refractivity contribution in [3.05, 3.63) is 46.1 Å². The zero-order chi connectivity index (χ0) is 15.6. The predicted molar refractivity (Wildman–Crippen MR) is 84.0 cm³/mol. The Morgan fingerprint density at radius 1 is 1.43 bits per heavy atom. The number of benzene rings is 1. The molecule has 1 aliphatic heterocycles. The summed E-state index contributed by atoms with van der Waals surface area (Å²) >= 11 is 3.38. The summed E-state index contributed by atoms with van der Waals surface area (Å²) in [6.07, 6.45) is 4.44. The maximum atomic E-state index is 14.3. The second-order valence-electron chi connectivity index (χ2n) is 5.74. The van der Waals surface area contributed by atoms with Gasteiger partial charge in [0.05, 0.1) is 4.47 Å². The zero-order valence-corrected chi connectivity index (χ0v) is 13.4. The zero-order valence-electron chi connectivity index (χ0n) is 11.8. The number of halogens is 2. The molecule has 23 heavy (non-hydrogen) atoms. The molecule has 6 nitrogen and oxygen atoms in total.